The molecule has 1 aliphatic rings. The van der Waals surface area contributed by atoms with Crippen molar-refractivity contribution in [3.05, 3.63) is 0 Å². The summed E-state index contributed by atoms with van der Waals surface area (Å²) >= 11 is 0. The van der Waals surface area contributed by atoms with Gasteiger partial charge in [-0.25, -0.2) is 0 Å². The predicted octanol–water partition coefficient (Wildman–Crippen LogP) is 5.53. The minimum Gasteiger partial charge on any atom is -0.414 e. The summed E-state index contributed by atoms with van der Waals surface area (Å²) in [6, 6.07) is 0. The SMILES string of the molecule is CC1(C)CN=C[C@](C)(OCCO[Si](C)(C)C(C)(C)C)C(=O)NC(C)(C)CN=C[C@](C)(OCCO[Si](C)(C)C(C)(C)C)C(=O)N1. The van der Waals surface area contributed by atoms with Crippen LogP contribution in [0.3, 0.4) is 0 Å². The van der Waals surface area contributed by atoms with Crippen molar-refractivity contribution in [2.45, 2.75) is 142 Å². The van der Waals surface area contributed by atoms with Gasteiger partial charge in [0.25, 0.3) is 11.8 Å². The molecule has 12 heteroatoms. The predicted molar refractivity (Wildman–Crippen MR) is 186 cm³/mol. The van der Waals surface area contributed by atoms with Crippen molar-refractivity contribution in [3.63, 3.8) is 0 Å². The van der Waals surface area contributed by atoms with E-state index >= 15 is 0 Å². The summed E-state index contributed by atoms with van der Waals surface area (Å²) in [5.41, 5.74) is -4.17. The molecule has 2 atom stereocenters. The van der Waals surface area contributed by atoms with Crippen molar-refractivity contribution in [2.24, 2.45) is 9.98 Å². The lowest BCUT2D eigenvalue weighted by atomic mass is 9.99. The monoisotopic (exact) mass is 656 g/mol. The van der Waals surface area contributed by atoms with Crippen LogP contribution < -0.4 is 10.6 Å². The second-order valence-electron chi connectivity index (χ2n) is 16.7. The van der Waals surface area contributed by atoms with E-state index in [0.717, 1.165) is 0 Å². The van der Waals surface area contributed by atoms with E-state index in [2.05, 4.69) is 88.3 Å². The van der Waals surface area contributed by atoms with E-state index in [9.17, 15) is 9.59 Å². The van der Waals surface area contributed by atoms with Gasteiger partial charge in [0, 0.05) is 12.4 Å². The van der Waals surface area contributed by atoms with Crippen molar-refractivity contribution in [2.75, 3.05) is 39.5 Å². The first-order valence-corrected chi connectivity index (χ1v) is 21.6. The van der Waals surface area contributed by atoms with Crippen molar-refractivity contribution in [1.82, 2.24) is 10.6 Å². The zero-order valence-electron chi connectivity index (χ0n) is 30.7. The molecule has 0 spiro atoms. The van der Waals surface area contributed by atoms with Gasteiger partial charge >= 0.3 is 0 Å². The van der Waals surface area contributed by atoms with E-state index < -0.39 is 38.9 Å². The van der Waals surface area contributed by atoms with Crippen LogP contribution >= 0.6 is 0 Å². The molecule has 1 aliphatic heterocycles. The molecular weight excluding hydrogens is 593 g/mol. The fourth-order valence-corrected chi connectivity index (χ4v) is 5.75. The topological polar surface area (TPSA) is 120 Å². The number of nitrogens with zero attached hydrogens (tertiary/aromatic N) is 2. The second-order valence-corrected chi connectivity index (χ2v) is 26.4. The molecular formula is C32H64N4O6Si2. The van der Waals surface area contributed by atoms with Gasteiger partial charge in [0.1, 0.15) is 0 Å². The average Bonchev–Trinajstić information content (AvgIpc) is 2.81. The highest BCUT2D eigenvalue weighted by Gasteiger charge is 2.41. The number of carbonyl (C=O) groups excluding carboxylic acids is 2. The third kappa shape index (κ3) is 12.1. The summed E-state index contributed by atoms with van der Waals surface area (Å²) < 4.78 is 24.8. The van der Waals surface area contributed by atoms with Crippen molar-refractivity contribution in [3.8, 4) is 0 Å². The normalized spacial score (nSPS) is 25.7. The summed E-state index contributed by atoms with van der Waals surface area (Å²) in [6.45, 7) is 34.4. The zero-order chi connectivity index (χ0) is 34.5. The molecule has 10 nitrogen and oxygen atoms in total. The summed E-state index contributed by atoms with van der Waals surface area (Å²) in [5, 5.41) is 6.27. The Morgan fingerprint density at radius 3 is 1.20 bits per heavy atom. The number of ether oxygens (including phenoxy) is 2. The molecule has 2 amide bonds. The molecule has 0 aromatic carbocycles. The largest absolute Gasteiger partial charge is 0.414 e. The van der Waals surface area contributed by atoms with Crippen LogP contribution in [0.25, 0.3) is 0 Å². The number of nitrogens with one attached hydrogen (secondary N) is 2. The van der Waals surface area contributed by atoms with Gasteiger partial charge in [-0.15, -0.1) is 0 Å². The van der Waals surface area contributed by atoms with Gasteiger partial charge in [-0.1, -0.05) is 41.5 Å². The van der Waals surface area contributed by atoms with Gasteiger partial charge in [-0.05, 0) is 77.8 Å². The minimum atomic E-state index is -1.96. The van der Waals surface area contributed by atoms with Crippen LogP contribution in [0.2, 0.25) is 36.3 Å². The Kier molecular flexibility index (Phi) is 13.4. The van der Waals surface area contributed by atoms with Crippen molar-refractivity contribution >= 4 is 40.9 Å². The number of carbonyl (C=O) groups is 2. The molecule has 2 N–H and O–H groups in total. The highest BCUT2D eigenvalue weighted by atomic mass is 28.4. The molecule has 0 aromatic rings. The Balaban J connectivity index is 3.15. The molecule has 0 fully saturated rings. The van der Waals surface area contributed by atoms with Crippen LogP contribution in [-0.2, 0) is 27.9 Å². The van der Waals surface area contributed by atoms with Gasteiger partial charge in [0.05, 0.1) is 50.6 Å². The van der Waals surface area contributed by atoms with Crippen LogP contribution in [0.5, 0.6) is 0 Å². The maximum absolute atomic E-state index is 13.6. The fraction of sp³-hybridized carbons (Fsp3) is 0.875. The lowest BCUT2D eigenvalue weighted by Gasteiger charge is -2.37. The van der Waals surface area contributed by atoms with Crippen LogP contribution in [0.4, 0.5) is 0 Å². The Bertz CT molecular complexity index is 964. The minimum absolute atomic E-state index is 0.0697. The first-order chi connectivity index (χ1) is 19.6. The van der Waals surface area contributed by atoms with E-state index in [4.69, 9.17) is 18.3 Å². The average molecular weight is 657 g/mol. The first kappa shape index (κ1) is 40.6. The summed E-state index contributed by atoms with van der Waals surface area (Å²) in [5.74, 6) is -0.649. The van der Waals surface area contributed by atoms with Gasteiger partial charge in [0.15, 0.2) is 27.8 Å². The van der Waals surface area contributed by atoms with Gasteiger partial charge in [-0.2, -0.15) is 0 Å². The maximum atomic E-state index is 13.6. The molecule has 256 valence electrons. The number of amides is 2. The smallest absolute Gasteiger partial charge is 0.258 e. The number of hydrogen-bond acceptors (Lipinski definition) is 8. The second kappa shape index (κ2) is 14.5. The van der Waals surface area contributed by atoms with E-state index in [1.165, 1.54) is 12.4 Å². The molecule has 0 saturated carbocycles. The van der Waals surface area contributed by atoms with Gasteiger partial charge in [-0.3, -0.25) is 19.6 Å². The molecule has 0 bridgehead atoms. The van der Waals surface area contributed by atoms with E-state index in [0.29, 0.717) is 13.2 Å². The van der Waals surface area contributed by atoms with Crippen LogP contribution in [0, 0.1) is 0 Å². The van der Waals surface area contributed by atoms with Crippen molar-refractivity contribution in [1.29, 1.82) is 0 Å². The molecule has 44 heavy (non-hydrogen) atoms. The lowest BCUT2D eigenvalue weighted by molar-refractivity contribution is -0.140. The number of aliphatic imine (C=N–C) groups is 2. The third-order valence-electron chi connectivity index (χ3n) is 8.96. The van der Waals surface area contributed by atoms with Crippen LogP contribution in [0.15, 0.2) is 9.98 Å². The number of hydrogen-bond donors (Lipinski definition) is 2. The zero-order valence-corrected chi connectivity index (χ0v) is 32.7. The van der Waals surface area contributed by atoms with Crippen molar-refractivity contribution < 1.29 is 27.9 Å². The molecule has 1 rings (SSSR count). The summed E-state index contributed by atoms with van der Waals surface area (Å²) in [6.07, 6.45) is 3.06. The Morgan fingerprint density at radius 1 is 0.636 bits per heavy atom. The molecule has 0 radical (unpaired) electrons. The molecule has 0 aliphatic carbocycles. The quantitative estimate of drug-likeness (QED) is 0.236. The highest BCUT2D eigenvalue weighted by molar-refractivity contribution is 6.74. The number of rotatable bonds is 10. The van der Waals surface area contributed by atoms with E-state index in [1.807, 2.05) is 27.7 Å². The maximum Gasteiger partial charge on any atom is 0.258 e. The fourth-order valence-electron chi connectivity index (χ4n) is 3.69. The summed E-state index contributed by atoms with van der Waals surface area (Å²) in [7, 11) is -3.92. The Morgan fingerprint density at radius 2 is 0.932 bits per heavy atom. The van der Waals surface area contributed by atoms with Crippen LogP contribution in [-0.4, -0.2) is 103 Å². The third-order valence-corrected chi connectivity index (χ3v) is 18.0. The summed E-state index contributed by atoms with van der Waals surface area (Å²) in [4.78, 5) is 36.4. The molecule has 0 aromatic heterocycles. The van der Waals surface area contributed by atoms with Gasteiger partial charge < -0.3 is 29.0 Å². The first-order valence-electron chi connectivity index (χ1n) is 15.8. The van der Waals surface area contributed by atoms with E-state index in [1.54, 1.807) is 13.8 Å². The van der Waals surface area contributed by atoms with Crippen LogP contribution in [0.1, 0.15) is 83.1 Å². The Hall–Kier alpha value is -1.45. The standard InChI is InChI=1S/C32H64N4O6Si2/c1-27(2,3)43(13,14)41-19-17-39-31(11)23-33-21-30(9,10)36-26(38)32(12,24-34-22-29(7,8)35-25(31)37)40-18-20-42-44(15,16)28(4,5)6/h23-24H,17-22H2,1-16H3,(H,35,37)(H,36,38)/t31-,32-/m0/s1. The molecule has 0 unspecified atom stereocenters. The van der Waals surface area contributed by atoms with Gasteiger partial charge in [0.2, 0.25) is 0 Å². The Labute approximate surface area is 270 Å². The molecule has 1 heterocycles. The van der Waals surface area contributed by atoms with E-state index in [-0.39, 0.29) is 48.2 Å². The highest BCUT2D eigenvalue weighted by Crippen LogP contribution is 2.37. The lowest BCUT2D eigenvalue weighted by Crippen LogP contribution is -2.58. The molecule has 0 saturated heterocycles.